The van der Waals surface area contributed by atoms with Crippen molar-refractivity contribution in [2.45, 2.75) is 19.3 Å². The van der Waals surface area contributed by atoms with E-state index in [4.69, 9.17) is 5.11 Å². The normalized spacial score (nSPS) is 9.79. The molecule has 0 saturated carbocycles. The summed E-state index contributed by atoms with van der Waals surface area (Å²) in [5.41, 5.74) is 0. The minimum absolute atomic E-state index is 0.0812. The van der Waals surface area contributed by atoms with Crippen LogP contribution < -0.4 is 5.32 Å². The van der Waals surface area contributed by atoms with E-state index in [1.165, 1.54) is 0 Å². The first kappa shape index (κ1) is 13.5. The van der Waals surface area contributed by atoms with Gasteiger partial charge in [0.15, 0.2) is 0 Å². The summed E-state index contributed by atoms with van der Waals surface area (Å²) in [4.78, 5) is 11.1. The highest BCUT2D eigenvalue weighted by molar-refractivity contribution is 7.99. The van der Waals surface area contributed by atoms with Gasteiger partial charge in [-0.3, -0.25) is 4.79 Å². The van der Waals surface area contributed by atoms with Crippen LogP contribution in [0.25, 0.3) is 0 Å². The van der Waals surface area contributed by atoms with Crippen molar-refractivity contribution in [3.8, 4) is 0 Å². The fourth-order valence-corrected chi connectivity index (χ4v) is 1.49. The molecular formula is C10H19NO2S. The van der Waals surface area contributed by atoms with Crippen molar-refractivity contribution in [1.82, 2.24) is 5.32 Å². The molecule has 0 fully saturated rings. The van der Waals surface area contributed by atoms with Crippen LogP contribution in [0, 0.1) is 0 Å². The third-order valence-electron chi connectivity index (χ3n) is 1.62. The van der Waals surface area contributed by atoms with Crippen molar-refractivity contribution in [2.24, 2.45) is 0 Å². The van der Waals surface area contributed by atoms with Crippen molar-refractivity contribution >= 4 is 17.7 Å². The summed E-state index contributed by atoms with van der Waals surface area (Å²) in [5.74, 6) is 1.94. The lowest BCUT2D eigenvalue weighted by Gasteiger charge is -2.03. The molecule has 14 heavy (non-hydrogen) atoms. The number of nitrogens with one attached hydrogen (secondary N) is 1. The number of amides is 1. The zero-order valence-corrected chi connectivity index (χ0v) is 9.31. The van der Waals surface area contributed by atoms with Crippen molar-refractivity contribution in [3.05, 3.63) is 12.7 Å². The third kappa shape index (κ3) is 9.61. The smallest absolute Gasteiger partial charge is 0.220 e. The van der Waals surface area contributed by atoms with Crippen LogP contribution in [0.4, 0.5) is 0 Å². The molecule has 0 rings (SSSR count). The van der Waals surface area contributed by atoms with E-state index in [9.17, 15) is 4.79 Å². The predicted octanol–water partition coefficient (Wildman–Crippen LogP) is 1.18. The Kier molecular flexibility index (Phi) is 10.2. The molecule has 0 heterocycles. The van der Waals surface area contributed by atoms with Crippen LogP contribution in [0.1, 0.15) is 19.3 Å². The Morgan fingerprint density at radius 2 is 2.29 bits per heavy atom. The van der Waals surface area contributed by atoms with Gasteiger partial charge in [0.05, 0.1) is 0 Å². The standard InChI is InChI=1S/C10H19NO2S/c1-2-8-14-9-6-11-10(13)5-3-4-7-12/h2,12H,1,3-9H2,(H,11,13). The van der Waals surface area contributed by atoms with E-state index in [1.807, 2.05) is 6.08 Å². The van der Waals surface area contributed by atoms with E-state index >= 15 is 0 Å². The molecule has 0 aliphatic rings. The van der Waals surface area contributed by atoms with Crippen molar-refractivity contribution in [3.63, 3.8) is 0 Å². The van der Waals surface area contributed by atoms with Crippen LogP contribution >= 0.6 is 11.8 Å². The van der Waals surface area contributed by atoms with Gasteiger partial charge in [-0.25, -0.2) is 0 Å². The van der Waals surface area contributed by atoms with E-state index in [0.717, 1.165) is 24.5 Å². The molecule has 0 aromatic heterocycles. The minimum atomic E-state index is 0.0812. The zero-order chi connectivity index (χ0) is 10.6. The first-order chi connectivity index (χ1) is 6.81. The van der Waals surface area contributed by atoms with Gasteiger partial charge in [-0.1, -0.05) is 6.08 Å². The molecule has 0 radical (unpaired) electrons. The quantitative estimate of drug-likeness (QED) is 0.450. The Bertz CT molecular complexity index is 162. The first-order valence-corrected chi connectivity index (χ1v) is 6.03. The molecular weight excluding hydrogens is 198 g/mol. The molecule has 82 valence electrons. The second-order valence-electron chi connectivity index (χ2n) is 2.89. The topological polar surface area (TPSA) is 49.3 Å². The number of carbonyl (C=O) groups is 1. The number of rotatable bonds is 9. The number of unbranched alkanes of at least 4 members (excludes halogenated alkanes) is 1. The monoisotopic (exact) mass is 217 g/mol. The summed E-state index contributed by atoms with van der Waals surface area (Å²) in [7, 11) is 0. The average Bonchev–Trinajstić information content (AvgIpc) is 2.18. The lowest BCUT2D eigenvalue weighted by Crippen LogP contribution is -2.25. The molecule has 0 aliphatic heterocycles. The van der Waals surface area contributed by atoms with Crippen molar-refractivity contribution in [1.29, 1.82) is 0 Å². The van der Waals surface area contributed by atoms with E-state index in [-0.39, 0.29) is 12.5 Å². The second-order valence-corrected chi connectivity index (χ2v) is 4.04. The molecule has 1 amide bonds. The molecule has 2 N–H and O–H groups in total. The van der Waals surface area contributed by atoms with Crippen LogP contribution in [0.3, 0.4) is 0 Å². The van der Waals surface area contributed by atoms with Gasteiger partial charge in [0.2, 0.25) is 5.91 Å². The van der Waals surface area contributed by atoms with E-state index < -0.39 is 0 Å². The summed E-state index contributed by atoms with van der Waals surface area (Å²) >= 11 is 1.75. The highest BCUT2D eigenvalue weighted by Crippen LogP contribution is 1.98. The summed E-state index contributed by atoms with van der Waals surface area (Å²) in [5, 5.41) is 11.3. The molecule has 3 nitrogen and oxygen atoms in total. The molecule has 0 atom stereocenters. The molecule has 0 unspecified atom stereocenters. The lowest BCUT2D eigenvalue weighted by molar-refractivity contribution is -0.121. The fourth-order valence-electron chi connectivity index (χ4n) is 0.915. The maximum atomic E-state index is 11.1. The van der Waals surface area contributed by atoms with Gasteiger partial charge >= 0.3 is 0 Å². The average molecular weight is 217 g/mol. The third-order valence-corrected chi connectivity index (χ3v) is 2.58. The predicted molar refractivity (Wildman–Crippen MR) is 61.5 cm³/mol. The number of hydrogen-bond donors (Lipinski definition) is 2. The Labute approximate surface area is 90.0 Å². The number of aliphatic hydroxyl groups excluding tert-OH is 1. The molecule has 0 aliphatic carbocycles. The second kappa shape index (κ2) is 10.6. The largest absolute Gasteiger partial charge is 0.396 e. The van der Waals surface area contributed by atoms with Gasteiger partial charge in [-0.15, -0.1) is 6.58 Å². The molecule has 0 aromatic rings. The SMILES string of the molecule is C=CCSCCNC(=O)CCCCO. The Morgan fingerprint density at radius 3 is 2.93 bits per heavy atom. The van der Waals surface area contributed by atoms with E-state index in [0.29, 0.717) is 12.8 Å². The molecule has 0 spiro atoms. The Hall–Kier alpha value is -0.480. The minimum Gasteiger partial charge on any atom is -0.396 e. The zero-order valence-electron chi connectivity index (χ0n) is 8.50. The molecule has 0 saturated heterocycles. The number of hydrogen-bond acceptors (Lipinski definition) is 3. The van der Waals surface area contributed by atoms with Crippen LogP contribution in [-0.2, 0) is 4.79 Å². The number of thioether (sulfide) groups is 1. The highest BCUT2D eigenvalue weighted by Gasteiger charge is 1.98. The number of aliphatic hydroxyl groups is 1. The maximum absolute atomic E-state index is 11.1. The summed E-state index contributed by atoms with van der Waals surface area (Å²) in [6.07, 6.45) is 3.85. The number of carbonyl (C=O) groups excluding carboxylic acids is 1. The Morgan fingerprint density at radius 1 is 1.50 bits per heavy atom. The fraction of sp³-hybridized carbons (Fsp3) is 0.700. The van der Waals surface area contributed by atoms with Gasteiger partial charge in [0, 0.05) is 31.1 Å². The Balaban J connectivity index is 3.14. The van der Waals surface area contributed by atoms with Crippen LogP contribution in [0.15, 0.2) is 12.7 Å². The van der Waals surface area contributed by atoms with Crippen LogP contribution in [0.5, 0.6) is 0 Å². The summed E-state index contributed by atoms with van der Waals surface area (Å²) in [6, 6.07) is 0. The maximum Gasteiger partial charge on any atom is 0.220 e. The van der Waals surface area contributed by atoms with Crippen molar-refractivity contribution < 1.29 is 9.90 Å². The van der Waals surface area contributed by atoms with Gasteiger partial charge in [0.1, 0.15) is 0 Å². The van der Waals surface area contributed by atoms with Crippen molar-refractivity contribution in [2.75, 3.05) is 24.7 Å². The molecule has 0 aromatic carbocycles. The molecule has 0 bridgehead atoms. The van der Waals surface area contributed by atoms with Gasteiger partial charge in [0.25, 0.3) is 0 Å². The van der Waals surface area contributed by atoms with E-state index in [2.05, 4.69) is 11.9 Å². The van der Waals surface area contributed by atoms with Gasteiger partial charge < -0.3 is 10.4 Å². The molecule has 4 heteroatoms. The lowest BCUT2D eigenvalue weighted by atomic mass is 10.2. The van der Waals surface area contributed by atoms with Crippen LogP contribution in [-0.4, -0.2) is 35.7 Å². The van der Waals surface area contributed by atoms with Gasteiger partial charge in [-0.05, 0) is 12.8 Å². The van der Waals surface area contributed by atoms with Crippen LogP contribution in [0.2, 0.25) is 0 Å². The first-order valence-electron chi connectivity index (χ1n) is 4.87. The van der Waals surface area contributed by atoms with Gasteiger partial charge in [-0.2, -0.15) is 11.8 Å². The highest BCUT2D eigenvalue weighted by atomic mass is 32.2. The summed E-state index contributed by atoms with van der Waals surface area (Å²) < 4.78 is 0. The summed E-state index contributed by atoms with van der Waals surface area (Å²) in [6.45, 7) is 4.50. The van der Waals surface area contributed by atoms with E-state index in [1.54, 1.807) is 11.8 Å².